The number of esters is 1. The largest absolute Gasteiger partial charge is 0.497 e. The molecule has 1 amide bonds. The summed E-state index contributed by atoms with van der Waals surface area (Å²) in [7, 11) is 1.57. The van der Waals surface area contributed by atoms with Crippen molar-refractivity contribution in [1.82, 2.24) is 5.01 Å². The zero-order chi connectivity index (χ0) is 29.0. The average Bonchev–Trinajstić information content (AvgIpc) is 3.44. The van der Waals surface area contributed by atoms with Crippen LogP contribution < -0.4 is 4.74 Å². The molecule has 0 bridgehead atoms. The Labute approximate surface area is 234 Å². The minimum atomic E-state index is -4.50. The van der Waals surface area contributed by atoms with Crippen LogP contribution in [-0.2, 0) is 20.5 Å². The van der Waals surface area contributed by atoms with Gasteiger partial charge in [0, 0.05) is 12.5 Å². The molecule has 5 rings (SSSR count). The number of amides is 1. The zero-order valence-corrected chi connectivity index (χ0v) is 22.0. The van der Waals surface area contributed by atoms with Crippen LogP contribution in [0.5, 0.6) is 5.75 Å². The van der Waals surface area contributed by atoms with E-state index in [2.05, 4.69) is 5.10 Å². The van der Waals surface area contributed by atoms with Gasteiger partial charge in [-0.05, 0) is 63.9 Å². The quantitative estimate of drug-likeness (QED) is 0.185. The highest BCUT2D eigenvalue weighted by Gasteiger charge is 2.34. The third-order valence-corrected chi connectivity index (χ3v) is 6.71. The highest BCUT2D eigenvalue weighted by Crippen LogP contribution is 2.34. The molecule has 0 radical (unpaired) electrons. The molecule has 0 aromatic heterocycles. The Morgan fingerprint density at radius 2 is 1.71 bits per heavy atom. The summed E-state index contributed by atoms with van der Waals surface area (Å²) in [4.78, 5) is 25.5. The number of carbonyl (C=O) groups is 2. The van der Waals surface area contributed by atoms with E-state index in [0.717, 1.165) is 40.1 Å². The minimum Gasteiger partial charge on any atom is -0.497 e. The maximum atomic E-state index is 13.2. The Bertz CT molecular complexity index is 1650. The predicted molar refractivity (Wildman–Crippen MR) is 149 cm³/mol. The number of carbonyl (C=O) groups excluding carboxylic acids is 2. The van der Waals surface area contributed by atoms with Crippen molar-refractivity contribution in [2.75, 3.05) is 13.7 Å². The number of benzene rings is 4. The summed E-state index contributed by atoms with van der Waals surface area (Å²) in [6.07, 6.45) is -1.87. The van der Waals surface area contributed by atoms with E-state index in [1.54, 1.807) is 19.2 Å². The average molecular weight is 559 g/mol. The molecule has 0 N–H and O–H groups in total. The Balaban J connectivity index is 1.33. The van der Waals surface area contributed by atoms with Gasteiger partial charge in [0.15, 0.2) is 6.61 Å². The summed E-state index contributed by atoms with van der Waals surface area (Å²) in [6, 6.07) is 25.3. The third kappa shape index (κ3) is 6.46. The first-order valence-electron chi connectivity index (χ1n) is 12.8. The normalized spacial score (nSPS) is 15.3. The van der Waals surface area contributed by atoms with Crippen LogP contribution in [0.2, 0.25) is 0 Å². The number of hydrogen-bond donors (Lipinski definition) is 0. The summed E-state index contributed by atoms with van der Waals surface area (Å²) in [6.45, 7) is -0.590. The number of alkyl halides is 3. The first kappa shape index (κ1) is 27.6. The molecule has 208 valence electrons. The Morgan fingerprint density at radius 3 is 2.44 bits per heavy atom. The van der Waals surface area contributed by atoms with Gasteiger partial charge in [0.25, 0.3) is 5.91 Å². The van der Waals surface area contributed by atoms with Crippen molar-refractivity contribution in [1.29, 1.82) is 0 Å². The Hall–Kier alpha value is -4.92. The van der Waals surface area contributed by atoms with Crippen molar-refractivity contribution in [3.63, 3.8) is 0 Å². The van der Waals surface area contributed by atoms with Gasteiger partial charge in [-0.3, -0.25) is 4.79 Å². The van der Waals surface area contributed by atoms with Crippen molar-refractivity contribution in [3.05, 3.63) is 119 Å². The second-order valence-corrected chi connectivity index (χ2v) is 9.40. The molecule has 0 spiro atoms. The molecule has 1 aliphatic rings. The van der Waals surface area contributed by atoms with Crippen LogP contribution >= 0.6 is 0 Å². The zero-order valence-electron chi connectivity index (χ0n) is 22.0. The van der Waals surface area contributed by atoms with Gasteiger partial charge in [-0.15, -0.1) is 0 Å². The summed E-state index contributed by atoms with van der Waals surface area (Å²) in [5, 5.41) is 8.06. The van der Waals surface area contributed by atoms with Crippen LogP contribution in [0, 0.1) is 0 Å². The van der Waals surface area contributed by atoms with Gasteiger partial charge in [0.1, 0.15) is 5.75 Å². The summed E-state index contributed by atoms with van der Waals surface area (Å²) >= 11 is 0. The second-order valence-electron chi connectivity index (χ2n) is 9.40. The van der Waals surface area contributed by atoms with Gasteiger partial charge in [-0.1, -0.05) is 60.7 Å². The molecule has 0 saturated carbocycles. The predicted octanol–water partition coefficient (Wildman–Crippen LogP) is 6.80. The lowest BCUT2D eigenvalue weighted by Gasteiger charge is -2.22. The highest BCUT2D eigenvalue weighted by molar-refractivity contribution is 6.05. The molecule has 9 heteroatoms. The molecule has 1 aliphatic heterocycles. The number of methoxy groups -OCH3 is 1. The fraction of sp³-hybridized carbons (Fsp3) is 0.156. The van der Waals surface area contributed by atoms with Crippen molar-refractivity contribution in [2.45, 2.75) is 18.6 Å². The van der Waals surface area contributed by atoms with Crippen LogP contribution in [-0.4, -0.2) is 36.3 Å². The topological polar surface area (TPSA) is 68.2 Å². The molecular formula is C32H25F3N2O4. The van der Waals surface area contributed by atoms with E-state index < -0.39 is 36.3 Å². The van der Waals surface area contributed by atoms with Gasteiger partial charge in [-0.25, -0.2) is 9.80 Å². The summed E-state index contributed by atoms with van der Waals surface area (Å²) < 4.78 is 49.2. The molecule has 0 aliphatic carbocycles. The van der Waals surface area contributed by atoms with Gasteiger partial charge in [0.05, 0.1) is 24.4 Å². The maximum absolute atomic E-state index is 13.2. The van der Waals surface area contributed by atoms with Crippen molar-refractivity contribution in [2.24, 2.45) is 5.10 Å². The van der Waals surface area contributed by atoms with Crippen molar-refractivity contribution < 1.29 is 32.2 Å². The summed E-state index contributed by atoms with van der Waals surface area (Å²) in [5.74, 6) is -0.737. The number of fused-ring (bicyclic) bond motifs is 1. The lowest BCUT2D eigenvalue weighted by atomic mass is 9.97. The van der Waals surface area contributed by atoms with Gasteiger partial charge >= 0.3 is 12.1 Å². The third-order valence-electron chi connectivity index (χ3n) is 6.71. The first-order valence-corrected chi connectivity index (χ1v) is 12.8. The molecule has 1 heterocycles. The molecule has 0 fully saturated rings. The van der Waals surface area contributed by atoms with E-state index in [1.807, 2.05) is 54.6 Å². The lowest BCUT2D eigenvalue weighted by Crippen LogP contribution is -2.31. The summed E-state index contributed by atoms with van der Waals surface area (Å²) in [5.41, 5.74) is 1.75. The fourth-order valence-corrected chi connectivity index (χ4v) is 4.60. The van der Waals surface area contributed by atoms with Crippen molar-refractivity contribution in [3.8, 4) is 5.75 Å². The number of hydrazone groups is 1. The Morgan fingerprint density at radius 1 is 0.951 bits per heavy atom. The fourth-order valence-electron chi connectivity index (χ4n) is 4.60. The van der Waals surface area contributed by atoms with Gasteiger partial charge < -0.3 is 9.47 Å². The van der Waals surface area contributed by atoms with Crippen LogP contribution in [0.15, 0.2) is 102 Å². The SMILES string of the molecule is COc1ccc([C@@H]2CC(c3ccc4ccccc4c3)=NN2C(=O)COC(=O)/C=C/c2cccc(C(F)(F)F)c2)cc1. The van der Waals surface area contributed by atoms with Gasteiger partial charge in [0.2, 0.25) is 0 Å². The van der Waals surface area contributed by atoms with Gasteiger partial charge in [-0.2, -0.15) is 18.3 Å². The van der Waals surface area contributed by atoms with E-state index in [-0.39, 0.29) is 5.56 Å². The molecule has 0 saturated heterocycles. The molecule has 4 aromatic carbocycles. The highest BCUT2D eigenvalue weighted by atomic mass is 19.4. The Kier molecular flexibility index (Phi) is 7.87. The second kappa shape index (κ2) is 11.7. The molecule has 6 nitrogen and oxygen atoms in total. The number of rotatable bonds is 7. The van der Waals surface area contributed by atoms with Crippen LogP contribution in [0.25, 0.3) is 16.8 Å². The molecule has 41 heavy (non-hydrogen) atoms. The van der Waals surface area contributed by atoms with Crippen molar-refractivity contribution >= 4 is 34.4 Å². The van der Waals surface area contributed by atoms with E-state index in [4.69, 9.17) is 9.47 Å². The molecule has 0 unspecified atom stereocenters. The first-order chi connectivity index (χ1) is 19.7. The van der Waals surface area contributed by atoms with E-state index >= 15 is 0 Å². The lowest BCUT2D eigenvalue weighted by molar-refractivity contribution is -0.149. The monoisotopic (exact) mass is 558 g/mol. The standard InChI is InChI=1S/C32H25F3N2O4/c1-40-27-14-12-23(13-15-27)29-19-28(25-11-10-22-6-2-3-7-24(22)18-25)36-37(29)30(38)20-41-31(39)16-9-21-5-4-8-26(17-21)32(33,34)35/h2-18,29H,19-20H2,1H3/b16-9+/t29-/m0/s1. The van der Waals surface area contributed by atoms with E-state index in [0.29, 0.717) is 17.9 Å². The van der Waals surface area contributed by atoms with Crippen LogP contribution in [0.1, 0.15) is 34.7 Å². The molecular weight excluding hydrogens is 533 g/mol. The smallest absolute Gasteiger partial charge is 0.416 e. The van der Waals surface area contributed by atoms with E-state index in [1.165, 1.54) is 23.2 Å². The number of ether oxygens (including phenoxy) is 2. The number of halogens is 3. The minimum absolute atomic E-state index is 0.173. The van der Waals surface area contributed by atoms with Crippen LogP contribution in [0.4, 0.5) is 13.2 Å². The number of nitrogens with zero attached hydrogens (tertiary/aromatic N) is 2. The molecule has 4 aromatic rings. The van der Waals surface area contributed by atoms with Crippen LogP contribution in [0.3, 0.4) is 0 Å². The van der Waals surface area contributed by atoms with E-state index in [9.17, 15) is 22.8 Å². The number of hydrogen-bond acceptors (Lipinski definition) is 5. The molecule has 1 atom stereocenters. The maximum Gasteiger partial charge on any atom is 0.416 e.